The van der Waals surface area contributed by atoms with Gasteiger partial charge in [0.05, 0.1) is 25.6 Å². The molecule has 0 atom stereocenters. The molecule has 0 fully saturated rings. The van der Waals surface area contributed by atoms with Crippen LogP contribution < -0.4 is 26.8 Å². The summed E-state index contributed by atoms with van der Waals surface area (Å²) in [6.07, 6.45) is 1.71. The Balaban J connectivity index is 2.49. The van der Waals surface area contributed by atoms with Crippen LogP contribution in [-0.4, -0.2) is 48.8 Å². The van der Waals surface area contributed by atoms with E-state index in [1.807, 2.05) is 39.0 Å². The first-order valence-corrected chi connectivity index (χ1v) is 11.4. The molecule has 184 valence electrons. The van der Waals surface area contributed by atoms with Gasteiger partial charge in [-0.1, -0.05) is 19.4 Å². The highest BCUT2D eigenvalue weighted by Gasteiger charge is 2.24. The molecule has 0 aliphatic carbocycles. The number of nitrogens with zero attached hydrogens (tertiary/aromatic N) is 4. The van der Waals surface area contributed by atoms with Crippen molar-refractivity contribution in [3.8, 4) is 6.07 Å². The number of nitriles is 1. The molecule has 0 radical (unpaired) electrons. The zero-order valence-electron chi connectivity index (χ0n) is 20.4. The molecule has 10 heteroatoms. The van der Waals surface area contributed by atoms with Crippen molar-refractivity contribution in [3.05, 3.63) is 50.2 Å². The topological polar surface area (TPSA) is 137 Å². The van der Waals surface area contributed by atoms with Crippen LogP contribution in [0.15, 0.2) is 27.8 Å². The number of aryl methyl sites for hydroxylation is 2. The molecule has 0 spiro atoms. The monoisotopic (exact) mass is 470 g/mol. The van der Waals surface area contributed by atoms with Gasteiger partial charge in [0.2, 0.25) is 5.91 Å². The van der Waals surface area contributed by atoms with Crippen LogP contribution in [0.4, 0.5) is 17.2 Å². The molecule has 2 aromatic rings. The molecule has 0 bridgehead atoms. The quantitative estimate of drug-likeness (QED) is 0.483. The summed E-state index contributed by atoms with van der Waals surface area (Å²) in [6.45, 7) is 6.69. The number of carbonyl (C=O) groups excluding carboxylic acids is 1. The lowest BCUT2D eigenvalue weighted by molar-refractivity contribution is -0.117. The average Bonchev–Trinajstić information content (AvgIpc) is 2.76. The lowest BCUT2D eigenvalue weighted by atomic mass is 10.1. The average molecular weight is 471 g/mol. The van der Waals surface area contributed by atoms with Crippen LogP contribution in [0, 0.1) is 25.2 Å². The number of anilines is 3. The second kappa shape index (κ2) is 12.6. The van der Waals surface area contributed by atoms with Gasteiger partial charge in [0.25, 0.3) is 5.56 Å². The third-order valence-electron chi connectivity index (χ3n) is 5.42. The van der Waals surface area contributed by atoms with Crippen LogP contribution in [0.2, 0.25) is 0 Å². The summed E-state index contributed by atoms with van der Waals surface area (Å²) in [5.41, 5.74) is 7.75. The Kier molecular flexibility index (Phi) is 9.89. The van der Waals surface area contributed by atoms with Crippen molar-refractivity contribution in [3.63, 3.8) is 0 Å². The third kappa shape index (κ3) is 6.71. The minimum absolute atomic E-state index is 0.0149. The van der Waals surface area contributed by atoms with Crippen LogP contribution in [-0.2, 0) is 16.1 Å². The normalized spacial score (nSPS) is 10.7. The summed E-state index contributed by atoms with van der Waals surface area (Å²) in [7, 11) is 1.52. The van der Waals surface area contributed by atoms with Crippen LogP contribution in [0.25, 0.3) is 0 Å². The van der Waals surface area contributed by atoms with E-state index in [0.29, 0.717) is 18.7 Å². The lowest BCUT2D eigenvalue weighted by Gasteiger charge is -2.29. The number of rotatable bonds is 12. The van der Waals surface area contributed by atoms with Crippen molar-refractivity contribution in [2.24, 2.45) is 0 Å². The number of nitrogens with one attached hydrogen (secondary N) is 1. The fraction of sp³-hybridized carbons (Fsp3) is 0.500. The van der Waals surface area contributed by atoms with Crippen molar-refractivity contribution >= 4 is 23.1 Å². The zero-order chi connectivity index (χ0) is 25.3. The molecule has 34 heavy (non-hydrogen) atoms. The van der Waals surface area contributed by atoms with Crippen LogP contribution in [0.3, 0.4) is 0 Å². The van der Waals surface area contributed by atoms with Crippen molar-refractivity contribution < 1.29 is 9.53 Å². The Morgan fingerprint density at radius 3 is 2.47 bits per heavy atom. The van der Waals surface area contributed by atoms with Crippen LogP contribution in [0.5, 0.6) is 0 Å². The fourth-order valence-corrected chi connectivity index (χ4v) is 3.81. The van der Waals surface area contributed by atoms with E-state index in [4.69, 9.17) is 15.7 Å². The van der Waals surface area contributed by atoms with E-state index in [1.165, 1.54) is 16.6 Å². The minimum Gasteiger partial charge on any atom is -0.383 e. The van der Waals surface area contributed by atoms with Crippen molar-refractivity contribution in [2.75, 3.05) is 48.9 Å². The number of carbonyl (C=O) groups is 1. The SMILES string of the molecule is CCCCn1c(N)c(N(CCOC)CC(=O)N(CCC#N)c2cc(C)cc(C)c2)c(=O)[nH]c1=O. The van der Waals surface area contributed by atoms with Gasteiger partial charge in [-0.3, -0.25) is 19.1 Å². The molecule has 1 heterocycles. The maximum Gasteiger partial charge on any atom is 0.330 e. The van der Waals surface area contributed by atoms with Crippen molar-refractivity contribution in [2.45, 2.75) is 46.6 Å². The van der Waals surface area contributed by atoms with Gasteiger partial charge in [0, 0.05) is 32.4 Å². The van der Waals surface area contributed by atoms with E-state index in [9.17, 15) is 14.4 Å². The van der Waals surface area contributed by atoms with Crippen molar-refractivity contribution in [1.29, 1.82) is 5.26 Å². The first kappa shape index (κ1) is 26.7. The second-order valence-electron chi connectivity index (χ2n) is 8.21. The Labute approximate surface area is 199 Å². The number of amides is 1. The van der Waals surface area contributed by atoms with E-state index < -0.39 is 11.2 Å². The number of nitrogen functional groups attached to an aromatic ring is 1. The summed E-state index contributed by atoms with van der Waals surface area (Å²) in [4.78, 5) is 44.0. The number of aromatic amines is 1. The predicted molar refractivity (Wildman–Crippen MR) is 133 cm³/mol. The highest BCUT2D eigenvalue weighted by Crippen LogP contribution is 2.22. The van der Waals surface area contributed by atoms with Crippen LogP contribution in [0.1, 0.15) is 37.3 Å². The Morgan fingerprint density at radius 1 is 1.21 bits per heavy atom. The standard InChI is InChI=1S/C24H34N6O4/c1-5-6-9-30-22(26)21(23(32)27-24(30)33)28(11-12-34-4)16-20(31)29(10-7-8-25)19-14-17(2)13-18(3)15-19/h13-15H,5-7,9-12,16,26H2,1-4H3,(H,27,32,33). The zero-order valence-corrected chi connectivity index (χ0v) is 20.4. The highest BCUT2D eigenvalue weighted by atomic mass is 16.5. The predicted octanol–water partition coefficient (Wildman–Crippen LogP) is 1.94. The van der Waals surface area contributed by atoms with E-state index in [2.05, 4.69) is 11.1 Å². The van der Waals surface area contributed by atoms with Gasteiger partial charge in [-0.2, -0.15) is 5.26 Å². The number of methoxy groups -OCH3 is 1. The Morgan fingerprint density at radius 2 is 1.88 bits per heavy atom. The van der Waals surface area contributed by atoms with Crippen LogP contribution >= 0.6 is 0 Å². The molecule has 10 nitrogen and oxygen atoms in total. The molecule has 1 aromatic carbocycles. The molecule has 1 aromatic heterocycles. The molecule has 0 aliphatic heterocycles. The Bertz CT molecular complexity index is 1130. The molecule has 0 saturated heterocycles. The number of hydrogen-bond acceptors (Lipinski definition) is 7. The smallest absolute Gasteiger partial charge is 0.330 e. The summed E-state index contributed by atoms with van der Waals surface area (Å²) < 4.78 is 6.51. The summed E-state index contributed by atoms with van der Waals surface area (Å²) in [6, 6.07) is 7.85. The van der Waals surface area contributed by atoms with Gasteiger partial charge in [-0.05, 0) is 43.5 Å². The number of ether oxygens (including phenoxy) is 1. The first-order valence-electron chi connectivity index (χ1n) is 11.4. The molecule has 0 unspecified atom stereocenters. The number of H-pyrrole nitrogens is 1. The number of nitrogens with two attached hydrogens (primary N) is 1. The molecular formula is C24H34N6O4. The van der Waals surface area contributed by atoms with Gasteiger partial charge in [-0.25, -0.2) is 4.79 Å². The molecule has 0 saturated carbocycles. The number of hydrogen-bond donors (Lipinski definition) is 2. The number of benzene rings is 1. The number of aromatic nitrogens is 2. The van der Waals surface area contributed by atoms with Gasteiger partial charge in [0.1, 0.15) is 11.5 Å². The van der Waals surface area contributed by atoms with Gasteiger partial charge in [0.15, 0.2) is 0 Å². The maximum absolute atomic E-state index is 13.5. The fourth-order valence-electron chi connectivity index (χ4n) is 3.81. The molecule has 0 aliphatic rings. The molecule has 1 amide bonds. The van der Waals surface area contributed by atoms with E-state index >= 15 is 0 Å². The molecule has 3 N–H and O–H groups in total. The Hall–Kier alpha value is -3.58. The van der Waals surface area contributed by atoms with Gasteiger partial charge >= 0.3 is 5.69 Å². The van der Waals surface area contributed by atoms with Crippen molar-refractivity contribution in [1.82, 2.24) is 9.55 Å². The summed E-state index contributed by atoms with van der Waals surface area (Å²) in [5.74, 6) is -0.289. The maximum atomic E-state index is 13.5. The third-order valence-corrected chi connectivity index (χ3v) is 5.42. The highest BCUT2D eigenvalue weighted by molar-refractivity contribution is 5.97. The number of unbranched alkanes of at least 4 members (excludes halogenated alkanes) is 1. The lowest BCUT2D eigenvalue weighted by Crippen LogP contribution is -2.46. The molecule has 2 rings (SSSR count). The van der Waals surface area contributed by atoms with E-state index in [1.54, 1.807) is 4.90 Å². The second-order valence-corrected chi connectivity index (χ2v) is 8.21. The van der Waals surface area contributed by atoms with E-state index in [-0.39, 0.29) is 50.1 Å². The minimum atomic E-state index is -0.658. The van der Waals surface area contributed by atoms with Gasteiger partial charge < -0.3 is 20.3 Å². The first-order chi connectivity index (χ1) is 16.2. The summed E-state index contributed by atoms with van der Waals surface area (Å²) in [5, 5.41) is 9.12. The van der Waals surface area contributed by atoms with Gasteiger partial charge in [-0.15, -0.1) is 0 Å². The summed E-state index contributed by atoms with van der Waals surface area (Å²) >= 11 is 0. The molecular weight excluding hydrogens is 436 g/mol. The van der Waals surface area contributed by atoms with E-state index in [0.717, 1.165) is 17.5 Å². The largest absolute Gasteiger partial charge is 0.383 e.